The first-order valence-corrected chi connectivity index (χ1v) is 7.00. The number of carbonyl (C=O) groups is 1. The summed E-state index contributed by atoms with van der Waals surface area (Å²) in [4.78, 5) is 11.9. The summed E-state index contributed by atoms with van der Waals surface area (Å²) in [5.74, 6) is -0.271. The van der Waals surface area contributed by atoms with Crippen molar-refractivity contribution in [3.05, 3.63) is 53.1 Å². The van der Waals surface area contributed by atoms with Crippen LogP contribution >= 0.6 is 0 Å². The molecule has 1 N–H and O–H groups in total. The number of hydrogen-bond acceptors (Lipinski definition) is 2. The molecule has 1 heterocycles. The van der Waals surface area contributed by atoms with Crippen molar-refractivity contribution < 1.29 is 9.18 Å². The molecule has 2 rings (SSSR count). The van der Waals surface area contributed by atoms with E-state index in [1.807, 2.05) is 24.6 Å². The second kappa shape index (κ2) is 6.52. The molecule has 21 heavy (non-hydrogen) atoms. The Morgan fingerprint density at radius 3 is 2.57 bits per heavy atom. The molecule has 0 bridgehead atoms. The smallest absolute Gasteiger partial charge is 0.251 e. The number of aromatic nitrogens is 2. The minimum atomic E-state index is -0.343. The Balaban J connectivity index is 1.86. The Hall–Kier alpha value is -2.17. The van der Waals surface area contributed by atoms with Crippen molar-refractivity contribution in [2.24, 2.45) is 5.92 Å². The zero-order chi connectivity index (χ0) is 15.4. The Morgan fingerprint density at radius 2 is 2.00 bits per heavy atom. The molecule has 4 nitrogen and oxygen atoms in total. The molecule has 0 radical (unpaired) electrons. The van der Waals surface area contributed by atoms with Gasteiger partial charge in [-0.1, -0.05) is 6.92 Å². The summed E-state index contributed by atoms with van der Waals surface area (Å²) >= 11 is 0. The summed E-state index contributed by atoms with van der Waals surface area (Å²) in [5.41, 5.74) is 2.58. The van der Waals surface area contributed by atoms with Crippen molar-refractivity contribution in [1.82, 2.24) is 15.1 Å². The minimum Gasteiger partial charge on any atom is -0.352 e. The molecule has 1 aromatic heterocycles. The van der Waals surface area contributed by atoms with Gasteiger partial charge in [0, 0.05) is 24.3 Å². The first-order valence-electron chi connectivity index (χ1n) is 7.00. The highest BCUT2D eigenvalue weighted by Crippen LogP contribution is 2.07. The van der Waals surface area contributed by atoms with Crippen LogP contribution in [0.15, 0.2) is 30.3 Å². The van der Waals surface area contributed by atoms with Crippen LogP contribution in [0.4, 0.5) is 4.39 Å². The average Bonchev–Trinajstić information content (AvgIpc) is 2.75. The van der Waals surface area contributed by atoms with E-state index in [2.05, 4.69) is 17.3 Å². The lowest BCUT2D eigenvalue weighted by atomic mass is 10.1. The minimum absolute atomic E-state index is 0.185. The zero-order valence-electron chi connectivity index (χ0n) is 12.6. The van der Waals surface area contributed by atoms with E-state index in [4.69, 9.17) is 0 Å². The summed E-state index contributed by atoms with van der Waals surface area (Å²) in [6.07, 6.45) is 0. The topological polar surface area (TPSA) is 46.9 Å². The molecule has 0 aliphatic rings. The van der Waals surface area contributed by atoms with Crippen molar-refractivity contribution in [3.63, 3.8) is 0 Å². The molecule has 0 spiro atoms. The van der Waals surface area contributed by atoms with Crippen molar-refractivity contribution in [3.8, 4) is 0 Å². The lowest BCUT2D eigenvalue weighted by Gasteiger charge is -2.14. The maximum absolute atomic E-state index is 12.8. The highest BCUT2D eigenvalue weighted by molar-refractivity contribution is 5.94. The van der Waals surface area contributed by atoms with E-state index in [1.54, 1.807) is 0 Å². The number of nitrogens with zero attached hydrogens (tertiary/aromatic N) is 2. The third-order valence-electron chi connectivity index (χ3n) is 3.31. The van der Waals surface area contributed by atoms with Crippen molar-refractivity contribution in [2.45, 2.75) is 27.3 Å². The average molecular weight is 289 g/mol. The Kier molecular flexibility index (Phi) is 4.73. The van der Waals surface area contributed by atoms with Crippen LogP contribution in [0, 0.1) is 25.6 Å². The highest BCUT2D eigenvalue weighted by atomic mass is 19.1. The summed E-state index contributed by atoms with van der Waals surface area (Å²) in [7, 11) is 0. The van der Waals surface area contributed by atoms with Crippen LogP contribution < -0.4 is 5.32 Å². The third-order valence-corrected chi connectivity index (χ3v) is 3.31. The summed E-state index contributed by atoms with van der Waals surface area (Å²) in [6, 6.07) is 7.57. The number of hydrogen-bond donors (Lipinski definition) is 1. The monoisotopic (exact) mass is 289 g/mol. The van der Waals surface area contributed by atoms with Gasteiger partial charge in [-0.3, -0.25) is 9.48 Å². The predicted octanol–water partition coefficient (Wildman–Crippen LogP) is 2.71. The molecule has 112 valence electrons. The molecule has 0 fully saturated rings. The van der Waals surface area contributed by atoms with Gasteiger partial charge in [0.05, 0.1) is 5.69 Å². The molecule has 0 aliphatic heterocycles. The van der Waals surface area contributed by atoms with Gasteiger partial charge in [-0.05, 0) is 50.1 Å². The van der Waals surface area contributed by atoms with Crippen LogP contribution in [0.1, 0.15) is 28.7 Å². The fourth-order valence-corrected chi connectivity index (χ4v) is 2.19. The number of nitrogens with one attached hydrogen (secondary N) is 1. The maximum atomic E-state index is 12.8. The molecular formula is C16H20FN3O. The quantitative estimate of drug-likeness (QED) is 0.920. The van der Waals surface area contributed by atoms with Gasteiger partial charge in [0.25, 0.3) is 5.91 Å². The lowest BCUT2D eigenvalue weighted by Crippen LogP contribution is -2.30. The van der Waals surface area contributed by atoms with E-state index in [1.165, 1.54) is 24.3 Å². The van der Waals surface area contributed by atoms with E-state index in [-0.39, 0.29) is 17.6 Å². The van der Waals surface area contributed by atoms with Crippen molar-refractivity contribution in [1.29, 1.82) is 0 Å². The van der Waals surface area contributed by atoms with E-state index in [0.29, 0.717) is 12.1 Å². The molecular weight excluding hydrogens is 269 g/mol. The van der Waals surface area contributed by atoms with Gasteiger partial charge in [-0.25, -0.2) is 4.39 Å². The van der Waals surface area contributed by atoms with Gasteiger partial charge < -0.3 is 5.32 Å². The van der Waals surface area contributed by atoms with Crippen LogP contribution in [0.5, 0.6) is 0 Å². The second-order valence-electron chi connectivity index (χ2n) is 5.43. The van der Waals surface area contributed by atoms with E-state index < -0.39 is 0 Å². The molecule has 1 aromatic carbocycles. The molecule has 5 heteroatoms. The Morgan fingerprint density at radius 1 is 1.33 bits per heavy atom. The lowest BCUT2D eigenvalue weighted by molar-refractivity contribution is 0.0946. The fourth-order valence-electron chi connectivity index (χ4n) is 2.19. The van der Waals surface area contributed by atoms with Gasteiger partial charge in [-0.15, -0.1) is 0 Å². The predicted molar refractivity (Wildman–Crippen MR) is 79.6 cm³/mol. The number of rotatable bonds is 5. The Bertz CT molecular complexity index is 619. The number of carbonyl (C=O) groups excluding carboxylic acids is 1. The summed E-state index contributed by atoms with van der Waals surface area (Å²) in [6.45, 7) is 7.34. The first-order chi connectivity index (χ1) is 9.95. The van der Waals surface area contributed by atoms with Gasteiger partial charge in [0.15, 0.2) is 0 Å². The first kappa shape index (κ1) is 15.2. The van der Waals surface area contributed by atoms with Crippen LogP contribution in [0.3, 0.4) is 0 Å². The van der Waals surface area contributed by atoms with Gasteiger partial charge in [-0.2, -0.15) is 5.10 Å². The van der Waals surface area contributed by atoms with Crippen LogP contribution in [0.25, 0.3) is 0 Å². The van der Waals surface area contributed by atoms with E-state index in [9.17, 15) is 9.18 Å². The van der Waals surface area contributed by atoms with E-state index >= 15 is 0 Å². The van der Waals surface area contributed by atoms with Crippen molar-refractivity contribution >= 4 is 5.91 Å². The standard InChI is InChI=1S/C16H20FN3O/c1-11(10-20-13(3)8-12(2)19-20)9-18-16(21)14-4-6-15(17)7-5-14/h4-8,11H,9-10H2,1-3H3,(H,18,21)/t11-/m0/s1. The van der Waals surface area contributed by atoms with Crippen molar-refractivity contribution in [2.75, 3.05) is 6.54 Å². The molecule has 0 aliphatic carbocycles. The SMILES string of the molecule is Cc1cc(C)n(C[C@@H](C)CNC(=O)c2ccc(F)cc2)n1. The number of amides is 1. The number of aryl methyl sites for hydroxylation is 2. The molecule has 0 saturated heterocycles. The molecule has 0 unspecified atom stereocenters. The molecule has 1 amide bonds. The second-order valence-corrected chi connectivity index (χ2v) is 5.43. The fraction of sp³-hybridized carbons (Fsp3) is 0.375. The Labute approximate surface area is 124 Å². The number of halogens is 1. The van der Waals surface area contributed by atoms with Gasteiger partial charge in [0.2, 0.25) is 0 Å². The van der Waals surface area contributed by atoms with Gasteiger partial charge >= 0.3 is 0 Å². The normalized spacial score (nSPS) is 12.2. The van der Waals surface area contributed by atoms with Crippen LogP contribution in [0.2, 0.25) is 0 Å². The maximum Gasteiger partial charge on any atom is 0.251 e. The highest BCUT2D eigenvalue weighted by Gasteiger charge is 2.10. The van der Waals surface area contributed by atoms with Gasteiger partial charge in [0.1, 0.15) is 5.82 Å². The van der Waals surface area contributed by atoms with Crippen LogP contribution in [-0.2, 0) is 6.54 Å². The molecule has 2 aromatic rings. The molecule has 0 saturated carbocycles. The third kappa shape index (κ3) is 4.15. The van der Waals surface area contributed by atoms with E-state index in [0.717, 1.165) is 17.9 Å². The number of benzene rings is 1. The zero-order valence-corrected chi connectivity index (χ0v) is 12.6. The molecule has 1 atom stereocenters. The summed E-state index contributed by atoms with van der Waals surface area (Å²) in [5, 5.41) is 7.27. The van der Waals surface area contributed by atoms with Crippen LogP contribution in [-0.4, -0.2) is 22.2 Å². The summed E-state index contributed by atoms with van der Waals surface area (Å²) < 4.78 is 14.8. The largest absolute Gasteiger partial charge is 0.352 e.